The summed E-state index contributed by atoms with van der Waals surface area (Å²) in [6, 6.07) is 12.3. The fourth-order valence-corrected chi connectivity index (χ4v) is 3.15. The molecule has 0 atom stereocenters. The van der Waals surface area contributed by atoms with E-state index in [1.165, 1.54) is 31.4 Å². The van der Waals surface area contributed by atoms with Crippen LogP contribution in [0.5, 0.6) is 11.5 Å². The van der Waals surface area contributed by atoms with Crippen molar-refractivity contribution in [3.05, 3.63) is 59.7 Å². The van der Waals surface area contributed by atoms with Gasteiger partial charge in [0.25, 0.3) is 0 Å². The number of carbonyl (C=O) groups is 2. The lowest BCUT2D eigenvalue weighted by molar-refractivity contribution is 0.0684. The van der Waals surface area contributed by atoms with Gasteiger partial charge in [-0.25, -0.2) is 9.59 Å². The van der Waals surface area contributed by atoms with Gasteiger partial charge in [0.15, 0.2) is 0 Å². The molecule has 7 nitrogen and oxygen atoms in total. The van der Waals surface area contributed by atoms with Crippen LogP contribution in [-0.2, 0) is 4.74 Å². The Hall–Kier alpha value is -2.84. The quantitative estimate of drug-likeness (QED) is 0.706. The van der Waals surface area contributed by atoms with Gasteiger partial charge in [-0.2, -0.15) is 0 Å². The topological polar surface area (TPSA) is 102 Å². The molecule has 0 saturated heterocycles. The normalized spacial score (nSPS) is 10.4. The van der Waals surface area contributed by atoms with Crippen LogP contribution in [0.3, 0.4) is 0 Å². The van der Waals surface area contributed by atoms with Crippen LogP contribution in [0.2, 0.25) is 0 Å². The molecule has 8 heteroatoms. The molecule has 0 fully saturated rings. The van der Waals surface area contributed by atoms with Crippen molar-refractivity contribution in [2.75, 3.05) is 13.3 Å². The van der Waals surface area contributed by atoms with E-state index in [1.54, 1.807) is 24.3 Å². The van der Waals surface area contributed by atoms with Gasteiger partial charge >= 0.3 is 21.2 Å². The van der Waals surface area contributed by atoms with E-state index in [2.05, 4.69) is 0 Å². The summed E-state index contributed by atoms with van der Waals surface area (Å²) in [4.78, 5) is 22.5. The molecule has 0 saturated carbocycles. The third kappa shape index (κ3) is 4.34. The number of carboxylic acids is 2. The SMILES string of the molecule is COC[Si](Oc1ccccc1C(=O)O)Oc1ccccc1C(=O)O. The molecule has 0 aliphatic heterocycles. The fourth-order valence-electron chi connectivity index (χ4n) is 1.91. The number of ether oxygens (including phenoxy) is 1. The predicted molar refractivity (Wildman–Crippen MR) is 85.7 cm³/mol. The Morgan fingerprint density at radius 2 is 1.29 bits per heavy atom. The highest BCUT2D eigenvalue weighted by molar-refractivity contribution is 6.46. The lowest BCUT2D eigenvalue weighted by atomic mass is 10.2. The van der Waals surface area contributed by atoms with Crippen LogP contribution >= 0.6 is 0 Å². The van der Waals surface area contributed by atoms with Gasteiger partial charge in [-0.1, -0.05) is 24.3 Å². The number of rotatable bonds is 8. The first-order valence-electron chi connectivity index (χ1n) is 6.88. The summed E-state index contributed by atoms with van der Waals surface area (Å²) in [5, 5.41) is 18.4. The maximum absolute atomic E-state index is 11.2. The minimum Gasteiger partial charge on any atom is -0.508 e. The number of methoxy groups -OCH3 is 1. The van der Waals surface area contributed by atoms with Crippen molar-refractivity contribution in [2.24, 2.45) is 0 Å². The number of hydrogen-bond acceptors (Lipinski definition) is 5. The molecule has 2 rings (SSSR count). The monoisotopic (exact) mass is 347 g/mol. The second-order valence-corrected chi connectivity index (χ2v) is 6.05. The molecule has 0 unspecified atom stereocenters. The molecule has 0 bridgehead atoms. The second-order valence-electron chi connectivity index (χ2n) is 4.61. The van der Waals surface area contributed by atoms with E-state index in [9.17, 15) is 19.8 Å². The van der Waals surface area contributed by atoms with Crippen molar-refractivity contribution in [2.45, 2.75) is 0 Å². The molecule has 125 valence electrons. The Balaban J connectivity index is 2.25. The summed E-state index contributed by atoms with van der Waals surface area (Å²) in [5.41, 5.74) is -0.0163. The molecule has 0 amide bonds. The molecule has 0 aliphatic carbocycles. The highest BCUT2D eigenvalue weighted by Crippen LogP contribution is 2.22. The average Bonchev–Trinajstić information content (AvgIpc) is 2.55. The molecule has 2 aromatic carbocycles. The highest BCUT2D eigenvalue weighted by atomic mass is 28.3. The lowest BCUT2D eigenvalue weighted by Crippen LogP contribution is -2.36. The lowest BCUT2D eigenvalue weighted by Gasteiger charge is -2.18. The molecular weight excluding hydrogens is 332 g/mol. The molecule has 0 aliphatic rings. The fraction of sp³-hybridized carbons (Fsp3) is 0.125. The first-order chi connectivity index (χ1) is 11.5. The van der Waals surface area contributed by atoms with Crippen LogP contribution in [0.15, 0.2) is 48.5 Å². The van der Waals surface area contributed by atoms with E-state index in [0.717, 1.165) is 0 Å². The second kappa shape index (κ2) is 8.13. The Morgan fingerprint density at radius 1 is 0.875 bits per heavy atom. The van der Waals surface area contributed by atoms with Crippen molar-refractivity contribution in [1.29, 1.82) is 0 Å². The van der Waals surface area contributed by atoms with Crippen molar-refractivity contribution in [1.82, 2.24) is 0 Å². The molecular formula is C16H15O7Si. The van der Waals surface area contributed by atoms with Gasteiger partial charge in [0, 0.05) is 7.11 Å². The van der Waals surface area contributed by atoms with Crippen LogP contribution in [0.1, 0.15) is 20.7 Å². The van der Waals surface area contributed by atoms with Crippen molar-refractivity contribution in [3.8, 4) is 11.5 Å². The minimum atomic E-state index is -2.16. The smallest absolute Gasteiger partial charge is 0.508 e. The molecule has 0 heterocycles. The summed E-state index contributed by atoms with van der Waals surface area (Å²) in [6.07, 6.45) is 0.0760. The summed E-state index contributed by atoms with van der Waals surface area (Å²) < 4.78 is 16.4. The minimum absolute atomic E-state index is 0.00813. The molecule has 2 aromatic rings. The zero-order valence-electron chi connectivity index (χ0n) is 12.8. The maximum atomic E-state index is 11.2. The Morgan fingerprint density at radius 3 is 1.67 bits per heavy atom. The number of benzene rings is 2. The molecule has 24 heavy (non-hydrogen) atoms. The third-order valence-corrected chi connectivity index (χ3v) is 4.36. The van der Waals surface area contributed by atoms with E-state index in [0.29, 0.717) is 0 Å². The molecule has 0 aromatic heterocycles. The molecule has 1 radical (unpaired) electrons. The Labute approximate surface area is 139 Å². The number of para-hydroxylation sites is 2. The predicted octanol–water partition coefficient (Wildman–Crippen LogP) is 2.21. The zero-order valence-corrected chi connectivity index (χ0v) is 13.8. The summed E-state index contributed by atoms with van der Waals surface area (Å²) in [6.45, 7) is 0. The van der Waals surface area contributed by atoms with Gasteiger partial charge in [0.2, 0.25) is 0 Å². The van der Waals surface area contributed by atoms with Crippen LogP contribution in [0.25, 0.3) is 0 Å². The first kappa shape index (κ1) is 17.5. The average molecular weight is 347 g/mol. The number of aromatic carboxylic acids is 2. The summed E-state index contributed by atoms with van der Waals surface area (Å²) in [5.74, 6) is -1.97. The Bertz CT molecular complexity index is 672. The van der Waals surface area contributed by atoms with Crippen molar-refractivity contribution < 1.29 is 33.4 Å². The number of hydrogen-bond donors (Lipinski definition) is 2. The zero-order chi connectivity index (χ0) is 17.5. The largest absolute Gasteiger partial charge is 0.561 e. The van der Waals surface area contributed by atoms with Crippen LogP contribution in [-0.4, -0.2) is 44.8 Å². The van der Waals surface area contributed by atoms with Crippen LogP contribution in [0.4, 0.5) is 0 Å². The molecule has 0 spiro atoms. The van der Waals surface area contributed by atoms with Gasteiger partial charge in [0.1, 0.15) is 28.9 Å². The van der Waals surface area contributed by atoms with Gasteiger partial charge < -0.3 is 23.8 Å². The first-order valence-corrected chi connectivity index (χ1v) is 8.40. The van der Waals surface area contributed by atoms with Crippen molar-refractivity contribution in [3.63, 3.8) is 0 Å². The van der Waals surface area contributed by atoms with Crippen LogP contribution < -0.4 is 8.85 Å². The van der Waals surface area contributed by atoms with Gasteiger partial charge in [-0.15, -0.1) is 0 Å². The highest BCUT2D eigenvalue weighted by Gasteiger charge is 2.25. The van der Waals surface area contributed by atoms with Gasteiger partial charge in [0.05, 0.1) is 0 Å². The molecule has 2 N–H and O–H groups in total. The van der Waals surface area contributed by atoms with E-state index in [4.69, 9.17) is 13.6 Å². The van der Waals surface area contributed by atoms with E-state index < -0.39 is 21.2 Å². The Kier molecular flexibility index (Phi) is 5.93. The summed E-state index contributed by atoms with van der Waals surface area (Å²) in [7, 11) is -0.711. The summed E-state index contributed by atoms with van der Waals surface area (Å²) >= 11 is 0. The van der Waals surface area contributed by atoms with E-state index in [-0.39, 0.29) is 28.9 Å². The van der Waals surface area contributed by atoms with E-state index in [1.807, 2.05) is 0 Å². The van der Waals surface area contributed by atoms with E-state index >= 15 is 0 Å². The maximum Gasteiger partial charge on any atom is 0.561 e. The number of carboxylic acid groups (broad SMARTS) is 2. The van der Waals surface area contributed by atoms with Crippen LogP contribution in [0, 0.1) is 0 Å². The van der Waals surface area contributed by atoms with Crippen molar-refractivity contribution >= 4 is 21.2 Å². The standard InChI is InChI=1S/C16H15O7Si/c1-21-10-24(22-13-8-4-2-6-11(13)15(17)18)23-14-9-5-3-7-12(14)16(19)20/h2-9H,10H2,1H3,(H,17,18)(H,19,20). The third-order valence-electron chi connectivity index (χ3n) is 2.94. The van der Waals surface area contributed by atoms with Gasteiger partial charge in [-0.05, 0) is 24.3 Å². The van der Waals surface area contributed by atoms with Gasteiger partial charge in [-0.3, -0.25) is 0 Å².